The zero-order chi connectivity index (χ0) is 12.3. The molecule has 0 saturated heterocycles. The van der Waals surface area contributed by atoms with Crippen LogP contribution in [0.1, 0.15) is 23.0 Å². The van der Waals surface area contributed by atoms with E-state index >= 15 is 0 Å². The molecule has 0 aliphatic carbocycles. The number of hydrogen-bond donors (Lipinski definition) is 1. The maximum atomic E-state index is 11.8. The molecular formula is C12H12ClNO3. The molecular weight excluding hydrogens is 242 g/mol. The van der Waals surface area contributed by atoms with E-state index in [4.69, 9.17) is 20.4 Å². The van der Waals surface area contributed by atoms with Crippen LogP contribution < -0.4 is 5.32 Å². The molecule has 0 aromatic carbocycles. The summed E-state index contributed by atoms with van der Waals surface area (Å²) in [5.74, 6) is 0.582. The average Bonchev–Trinajstić information content (AvgIpc) is 2.88. The number of halogens is 1. The Morgan fingerprint density at radius 1 is 1.41 bits per heavy atom. The molecule has 1 unspecified atom stereocenters. The van der Waals surface area contributed by atoms with E-state index in [9.17, 15) is 4.79 Å². The second-order valence-corrected chi connectivity index (χ2v) is 4.11. The lowest BCUT2D eigenvalue weighted by Crippen LogP contribution is -2.33. The van der Waals surface area contributed by atoms with Crippen LogP contribution in [0.25, 0.3) is 0 Å². The predicted molar refractivity (Wildman–Crippen MR) is 63.1 cm³/mol. The lowest BCUT2D eigenvalue weighted by molar-refractivity contribution is 0.0939. The molecule has 1 atom stereocenters. The van der Waals surface area contributed by atoms with Crippen LogP contribution in [0.15, 0.2) is 39.6 Å². The fraction of sp³-hybridized carbons (Fsp3) is 0.250. The van der Waals surface area contributed by atoms with Crippen LogP contribution in [-0.2, 0) is 6.42 Å². The van der Waals surface area contributed by atoms with Gasteiger partial charge in [0.05, 0.1) is 18.1 Å². The zero-order valence-electron chi connectivity index (χ0n) is 9.27. The molecule has 4 nitrogen and oxygen atoms in total. The van der Waals surface area contributed by atoms with Crippen molar-refractivity contribution in [3.63, 3.8) is 0 Å². The number of hydrogen-bond acceptors (Lipinski definition) is 3. The molecule has 17 heavy (non-hydrogen) atoms. The normalized spacial score (nSPS) is 12.4. The molecule has 0 aliphatic heterocycles. The van der Waals surface area contributed by atoms with Crippen LogP contribution in [0, 0.1) is 0 Å². The van der Waals surface area contributed by atoms with E-state index < -0.39 is 0 Å². The van der Waals surface area contributed by atoms with Gasteiger partial charge in [-0.05, 0) is 36.7 Å². The maximum Gasteiger partial charge on any atom is 0.256 e. The summed E-state index contributed by atoms with van der Waals surface area (Å²) >= 11 is 5.71. The first-order valence-electron chi connectivity index (χ1n) is 5.23. The van der Waals surface area contributed by atoms with E-state index in [0.717, 1.165) is 5.76 Å². The van der Waals surface area contributed by atoms with Gasteiger partial charge in [0.25, 0.3) is 5.91 Å². The summed E-state index contributed by atoms with van der Waals surface area (Å²) in [5, 5.41) is 2.92. The predicted octanol–water partition coefficient (Wildman–Crippen LogP) is 2.89. The first-order valence-corrected chi connectivity index (χ1v) is 5.61. The topological polar surface area (TPSA) is 55.4 Å². The Balaban J connectivity index is 1.93. The standard InChI is InChI=1S/C12H12ClNO3/c1-8(7-9-3-2-5-16-9)14-12(15)10-4-6-17-11(10)13/h2-6,8H,7H2,1H3,(H,14,15). The van der Waals surface area contributed by atoms with Crippen LogP contribution >= 0.6 is 11.6 Å². The molecule has 90 valence electrons. The minimum absolute atomic E-state index is 0.0420. The summed E-state index contributed by atoms with van der Waals surface area (Å²) in [4.78, 5) is 11.8. The smallest absolute Gasteiger partial charge is 0.256 e. The van der Waals surface area contributed by atoms with E-state index in [1.807, 2.05) is 19.1 Å². The lowest BCUT2D eigenvalue weighted by atomic mass is 10.2. The van der Waals surface area contributed by atoms with Crippen molar-refractivity contribution in [1.29, 1.82) is 0 Å². The minimum Gasteiger partial charge on any atom is -0.469 e. The molecule has 0 spiro atoms. The second kappa shape index (κ2) is 5.10. The number of nitrogens with one attached hydrogen (secondary N) is 1. The highest BCUT2D eigenvalue weighted by molar-refractivity contribution is 6.32. The maximum absolute atomic E-state index is 11.8. The van der Waals surface area contributed by atoms with Crippen molar-refractivity contribution < 1.29 is 13.6 Å². The summed E-state index contributed by atoms with van der Waals surface area (Å²) < 4.78 is 10.1. The number of rotatable bonds is 4. The van der Waals surface area contributed by atoms with Gasteiger partial charge in [0.2, 0.25) is 5.22 Å². The van der Waals surface area contributed by atoms with Gasteiger partial charge >= 0.3 is 0 Å². The Labute approximate surface area is 104 Å². The molecule has 0 radical (unpaired) electrons. The third-order valence-corrected chi connectivity index (χ3v) is 2.62. The van der Waals surface area contributed by atoms with Crippen molar-refractivity contribution in [2.75, 3.05) is 0 Å². The SMILES string of the molecule is CC(Cc1ccco1)NC(=O)c1ccoc1Cl. The third kappa shape index (κ3) is 2.91. The van der Waals surface area contributed by atoms with Crippen molar-refractivity contribution in [3.8, 4) is 0 Å². The molecule has 5 heteroatoms. The van der Waals surface area contributed by atoms with Crippen molar-refractivity contribution >= 4 is 17.5 Å². The van der Waals surface area contributed by atoms with Crippen LogP contribution in [0.4, 0.5) is 0 Å². The van der Waals surface area contributed by atoms with Gasteiger partial charge in [-0.3, -0.25) is 4.79 Å². The van der Waals surface area contributed by atoms with E-state index in [2.05, 4.69) is 5.32 Å². The number of carbonyl (C=O) groups excluding carboxylic acids is 1. The molecule has 0 saturated carbocycles. The Hall–Kier alpha value is -1.68. The summed E-state index contributed by atoms with van der Waals surface area (Å²) in [6, 6.07) is 5.18. The first kappa shape index (κ1) is 11.8. The molecule has 0 fully saturated rings. The fourth-order valence-corrected chi connectivity index (χ4v) is 1.74. The van der Waals surface area contributed by atoms with Crippen LogP contribution in [0.2, 0.25) is 5.22 Å². The van der Waals surface area contributed by atoms with Crippen LogP contribution in [0.5, 0.6) is 0 Å². The molecule has 1 amide bonds. The van der Waals surface area contributed by atoms with Gasteiger partial charge in [-0.25, -0.2) is 0 Å². The van der Waals surface area contributed by atoms with Crippen LogP contribution in [0.3, 0.4) is 0 Å². The number of amides is 1. The molecule has 2 aromatic rings. The van der Waals surface area contributed by atoms with Gasteiger partial charge in [-0.1, -0.05) is 0 Å². The van der Waals surface area contributed by atoms with Gasteiger partial charge in [-0.2, -0.15) is 0 Å². The van der Waals surface area contributed by atoms with Gasteiger partial charge in [0.1, 0.15) is 5.76 Å². The highest BCUT2D eigenvalue weighted by Gasteiger charge is 2.15. The lowest BCUT2D eigenvalue weighted by Gasteiger charge is -2.11. The Kier molecular flexibility index (Phi) is 3.54. The monoisotopic (exact) mass is 253 g/mol. The highest BCUT2D eigenvalue weighted by atomic mass is 35.5. The Bertz CT molecular complexity index is 490. The minimum atomic E-state index is -0.247. The largest absolute Gasteiger partial charge is 0.469 e. The zero-order valence-corrected chi connectivity index (χ0v) is 10.0. The average molecular weight is 254 g/mol. The quantitative estimate of drug-likeness (QED) is 0.912. The molecule has 2 rings (SSSR count). The first-order chi connectivity index (χ1) is 8.16. The molecule has 2 aromatic heterocycles. The number of carbonyl (C=O) groups is 1. The summed E-state index contributed by atoms with van der Waals surface area (Å²) in [7, 11) is 0. The van der Waals surface area contributed by atoms with E-state index in [-0.39, 0.29) is 17.2 Å². The summed E-state index contributed by atoms with van der Waals surface area (Å²) in [5.41, 5.74) is 0.345. The highest BCUT2D eigenvalue weighted by Crippen LogP contribution is 2.16. The summed E-state index contributed by atoms with van der Waals surface area (Å²) in [6.07, 6.45) is 3.62. The fourth-order valence-electron chi connectivity index (χ4n) is 1.54. The van der Waals surface area contributed by atoms with Gasteiger partial charge in [0, 0.05) is 12.5 Å². The Morgan fingerprint density at radius 3 is 2.82 bits per heavy atom. The molecule has 1 N–H and O–H groups in total. The Morgan fingerprint density at radius 2 is 2.24 bits per heavy atom. The van der Waals surface area contributed by atoms with Crippen molar-refractivity contribution in [2.24, 2.45) is 0 Å². The van der Waals surface area contributed by atoms with E-state index in [1.54, 1.807) is 6.26 Å². The summed E-state index contributed by atoms with van der Waals surface area (Å²) in [6.45, 7) is 1.90. The van der Waals surface area contributed by atoms with Crippen LogP contribution in [-0.4, -0.2) is 11.9 Å². The van der Waals surface area contributed by atoms with E-state index in [1.165, 1.54) is 12.3 Å². The molecule has 0 bridgehead atoms. The third-order valence-electron chi connectivity index (χ3n) is 2.33. The van der Waals surface area contributed by atoms with Crippen molar-refractivity contribution in [3.05, 3.63) is 47.3 Å². The van der Waals surface area contributed by atoms with Gasteiger partial charge in [-0.15, -0.1) is 0 Å². The molecule has 0 aliphatic rings. The van der Waals surface area contributed by atoms with Crippen molar-refractivity contribution in [1.82, 2.24) is 5.32 Å². The van der Waals surface area contributed by atoms with E-state index in [0.29, 0.717) is 12.0 Å². The van der Waals surface area contributed by atoms with Crippen molar-refractivity contribution in [2.45, 2.75) is 19.4 Å². The molecule has 2 heterocycles. The van der Waals surface area contributed by atoms with Gasteiger partial charge in [0.15, 0.2) is 0 Å². The second-order valence-electron chi connectivity index (χ2n) is 3.77. The number of furan rings is 2. The van der Waals surface area contributed by atoms with Gasteiger partial charge < -0.3 is 14.2 Å².